The fraction of sp³-hybridized carbons (Fsp3) is 0.125. The Morgan fingerprint density at radius 1 is 0.682 bits per heavy atom. The number of rotatable bonds is 1. The molecule has 22 heavy (non-hydrogen) atoms. The van der Waals surface area contributed by atoms with Crippen molar-refractivity contribution in [1.29, 1.82) is 10.5 Å². The van der Waals surface area contributed by atoms with Gasteiger partial charge in [-0.1, -0.05) is 0 Å². The molecular weight excluding hydrogens is 284 g/mol. The van der Waals surface area contributed by atoms with E-state index >= 15 is 0 Å². The van der Waals surface area contributed by atoms with Crippen LogP contribution in [0.3, 0.4) is 0 Å². The summed E-state index contributed by atoms with van der Waals surface area (Å²) in [4.78, 5) is 0. The quantitative estimate of drug-likeness (QED) is 0.803. The van der Waals surface area contributed by atoms with E-state index in [1.54, 1.807) is 24.3 Å². The van der Waals surface area contributed by atoms with Crippen molar-refractivity contribution >= 4 is 0 Å². The van der Waals surface area contributed by atoms with Gasteiger partial charge in [0.2, 0.25) is 13.6 Å². The van der Waals surface area contributed by atoms with Gasteiger partial charge in [-0.05, 0) is 24.3 Å². The molecule has 0 fully saturated rings. The van der Waals surface area contributed by atoms with Gasteiger partial charge in [-0.2, -0.15) is 10.5 Å². The van der Waals surface area contributed by atoms with Crippen LogP contribution in [0.2, 0.25) is 0 Å². The molecule has 0 aliphatic carbocycles. The summed E-state index contributed by atoms with van der Waals surface area (Å²) in [6, 6.07) is 10.9. The van der Waals surface area contributed by atoms with Gasteiger partial charge in [-0.25, -0.2) is 0 Å². The van der Waals surface area contributed by atoms with E-state index in [4.69, 9.17) is 18.9 Å². The van der Waals surface area contributed by atoms with E-state index in [0.29, 0.717) is 45.3 Å². The Morgan fingerprint density at radius 3 is 1.55 bits per heavy atom. The molecule has 2 aliphatic heterocycles. The molecule has 6 heteroatoms. The molecule has 0 spiro atoms. The van der Waals surface area contributed by atoms with Gasteiger partial charge in [0.25, 0.3) is 0 Å². The lowest BCUT2D eigenvalue weighted by Gasteiger charge is -2.12. The summed E-state index contributed by atoms with van der Waals surface area (Å²) in [6.45, 7) is 0.150. The number of benzene rings is 2. The zero-order chi connectivity index (χ0) is 15.1. The predicted octanol–water partition coefficient (Wildman–Crippen LogP) is 2.55. The van der Waals surface area contributed by atoms with Crippen LogP contribution in [0.15, 0.2) is 24.3 Å². The largest absolute Gasteiger partial charge is 0.454 e. The minimum Gasteiger partial charge on any atom is -0.454 e. The molecule has 2 heterocycles. The second-order valence-corrected chi connectivity index (χ2v) is 4.67. The Labute approximate surface area is 125 Å². The van der Waals surface area contributed by atoms with Gasteiger partial charge in [0, 0.05) is 0 Å². The van der Waals surface area contributed by atoms with E-state index in [0.717, 1.165) is 0 Å². The Morgan fingerprint density at radius 2 is 1.14 bits per heavy atom. The Kier molecular flexibility index (Phi) is 2.57. The van der Waals surface area contributed by atoms with Crippen LogP contribution in [0, 0.1) is 22.7 Å². The molecule has 0 saturated carbocycles. The highest BCUT2D eigenvalue weighted by Crippen LogP contribution is 2.51. The first-order valence-corrected chi connectivity index (χ1v) is 6.49. The van der Waals surface area contributed by atoms with E-state index < -0.39 is 0 Å². The summed E-state index contributed by atoms with van der Waals surface area (Å²) in [7, 11) is 0. The SMILES string of the molecule is N#Cc1ccc2c(c1-c1c(C#N)ccc3c1OCO3)OCO2. The number of nitrogens with zero attached hydrogens (tertiary/aromatic N) is 2. The maximum atomic E-state index is 9.42. The Bertz CT molecular complexity index is 804. The number of hydrogen-bond acceptors (Lipinski definition) is 6. The van der Waals surface area contributed by atoms with Crippen molar-refractivity contribution in [2.45, 2.75) is 0 Å². The fourth-order valence-electron chi connectivity index (χ4n) is 2.63. The number of fused-ring (bicyclic) bond motifs is 2. The third-order valence-corrected chi connectivity index (χ3v) is 3.57. The molecule has 0 amide bonds. The zero-order valence-electron chi connectivity index (χ0n) is 11.3. The van der Waals surface area contributed by atoms with Crippen molar-refractivity contribution in [2.75, 3.05) is 13.6 Å². The number of nitriles is 2. The molecular formula is C16H8N2O4. The highest BCUT2D eigenvalue weighted by Gasteiger charge is 2.30. The highest BCUT2D eigenvalue weighted by molar-refractivity contribution is 5.88. The first-order chi connectivity index (χ1) is 10.8. The van der Waals surface area contributed by atoms with E-state index in [9.17, 15) is 10.5 Å². The van der Waals surface area contributed by atoms with Crippen molar-refractivity contribution in [3.05, 3.63) is 35.4 Å². The van der Waals surface area contributed by atoms with Crippen LogP contribution < -0.4 is 18.9 Å². The van der Waals surface area contributed by atoms with Crippen LogP contribution in [-0.2, 0) is 0 Å². The number of hydrogen-bond donors (Lipinski definition) is 0. The average Bonchev–Trinajstić information content (AvgIpc) is 3.21. The standard InChI is InChI=1S/C16H8N2O4/c17-5-9-1-3-11-15(21-7-19-11)13(9)14-10(6-18)2-4-12-16(14)22-8-20-12/h1-4H,7-8H2. The summed E-state index contributed by atoms with van der Waals surface area (Å²) in [5.41, 5.74) is 1.75. The summed E-state index contributed by atoms with van der Waals surface area (Å²) in [6.07, 6.45) is 0. The third kappa shape index (κ3) is 1.58. The first kappa shape index (κ1) is 12.4. The molecule has 0 saturated heterocycles. The van der Waals surface area contributed by atoms with Crippen LogP contribution in [0.25, 0.3) is 11.1 Å². The molecule has 0 radical (unpaired) electrons. The lowest BCUT2D eigenvalue weighted by Crippen LogP contribution is -1.97. The molecule has 0 atom stereocenters. The number of ether oxygens (including phenoxy) is 4. The Hall–Kier alpha value is -3.38. The summed E-state index contributed by atoms with van der Waals surface area (Å²) in [5.74, 6) is 1.96. The topological polar surface area (TPSA) is 84.5 Å². The monoisotopic (exact) mass is 292 g/mol. The maximum absolute atomic E-state index is 9.42. The van der Waals surface area contributed by atoms with E-state index in [-0.39, 0.29) is 13.6 Å². The van der Waals surface area contributed by atoms with Gasteiger partial charge in [0.1, 0.15) is 0 Å². The van der Waals surface area contributed by atoms with Crippen molar-refractivity contribution in [2.24, 2.45) is 0 Å². The van der Waals surface area contributed by atoms with Gasteiger partial charge in [0.15, 0.2) is 23.0 Å². The molecule has 0 N–H and O–H groups in total. The first-order valence-electron chi connectivity index (χ1n) is 6.49. The van der Waals surface area contributed by atoms with E-state index in [1.165, 1.54) is 0 Å². The molecule has 2 aromatic carbocycles. The zero-order valence-corrected chi connectivity index (χ0v) is 11.3. The molecule has 0 aromatic heterocycles. The second-order valence-electron chi connectivity index (χ2n) is 4.67. The minimum absolute atomic E-state index is 0.0749. The van der Waals surface area contributed by atoms with Crippen molar-refractivity contribution in [1.82, 2.24) is 0 Å². The van der Waals surface area contributed by atoms with Gasteiger partial charge in [0.05, 0.1) is 34.4 Å². The van der Waals surface area contributed by atoms with E-state index in [1.807, 2.05) is 0 Å². The smallest absolute Gasteiger partial charge is 0.231 e. The van der Waals surface area contributed by atoms with Crippen molar-refractivity contribution in [3.8, 4) is 46.3 Å². The molecule has 4 rings (SSSR count). The van der Waals surface area contributed by atoms with Crippen LogP contribution in [0.4, 0.5) is 0 Å². The fourth-order valence-corrected chi connectivity index (χ4v) is 2.63. The van der Waals surface area contributed by atoms with Crippen LogP contribution in [0.5, 0.6) is 23.0 Å². The summed E-state index contributed by atoms with van der Waals surface area (Å²) in [5, 5.41) is 18.8. The molecule has 6 nitrogen and oxygen atoms in total. The van der Waals surface area contributed by atoms with Crippen LogP contribution in [0.1, 0.15) is 11.1 Å². The van der Waals surface area contributed by atoms with Crippen LogP contribution in [-0.4, -0.2) is 13.6 Å². The normalized spacial score (nSPS) is 13.5. The van der Waals surface area contributed by atoms with Gasteiger partial charge in [-0.15, -0.1) is 0 Å². The molecule has 0 bridgehead atoms. The van der Waals surface area contributed by atoms with Crippen LogP contribution >= 0.6 is 0 Å². The van der Waals surface area contributed by atoms with Gasteiger partial charge < -0.3 is 18.9 Å². The second kappa shape index (κ2) is 4.57. The van der Waals surface area contributed by atoms with Crippen molar-refractivity contribution in [3.63, 3.8) is 0 Å². The maximum Gasteiger partial charge on any atom is 0.231 e. The van der Waals surface area contributed by atoms with Crippen molar-refractivity contribution < 1.29 is 18.9 Å². The lowest BCUT2D eigenvalue weighted by molar-refractivity contribution is 0.173. The Balaban J connectivity index is 2.10. The molecule has 2 aromatic rings. The molecule has 2 aliphatic rings. The summed E-state index contributed by atoms with van der Waals surface area (Å²) >= 11 is 0. The third-order valence-electron chi connectivity index (χ3n) is 3.57. The van der Waals surface area contributed by atoms with Gasteiger partial charge >= 0.3 is 0 Å². The lowest BCUT2D eigenvalue weighted by atomic mass is 9.93. The minimum atomic E-state index is 0.0749. The highest BCUT2D eigenvalue weighted by atomic mass is 16.7. The predicted molar refractivity (Wildman–Crippen MR) is 73.6 cm³/mol. The molecule has 106 valence electrons. The average molecular weight is 292 g/mol. The van der Waals surface area contributed by atoms with Gasteiger partial charge in [-0.3, -0.25) is 0 Å². The summed E-state index contributed by atoms with van der Waals surface area (Å²) < 4.78 is 21.7. The van der Waals surface area contributed by atoms with E-state index in [2.05, 4.69) is 12.1 Å². The molecule has 0 unspecified atom stereocenters.